The first-order chi connectivity index (χ1) is 31.4. The van der Waals surface area contributed by atoms with Gasteiger partial charge in [0.25, 0.3) is 0 Å². The number of aromatic amines is 2. The molecule has 1 aliphatic carbocycles. The second-order valence-electron chi connectivity index (χ2n) is 17.9. The van der Waals surface area contributed by atoms with E-state index in [2.05, 4.69) is 20.3 Å². The van der Waals surface area contributed by atoms with Gasteiger partial charge in [-0.15, -0.1) is 0 Å². The molecule has 0 bridgehead atoms. The number of carbonyl (C=O) groups excluding carboxylic acids is 1. The van der Waals surface area contributed by atoms with Gasteiger partial charge in [-0.2, -0.15) is 0 Å². The SMILES string of the molecule is Cc1cc2c(c(O)c1-c1c(C)cc3c(C(C)C)c(O)c(O)c(C=N[C@@H](Cc4c[nH]c5ccccc45)C(=O)O)c3c1O)/C(=C/N[C@@H](Cc1c[nH]c3ccccc13)C(=O)O)C(=O)C(O)[C@@H]2C(C)C.[Na+]. The molecule has 2 aromatic heterocycles. The minimum atomic E-state index is -1.53. The summed E-state index contributed by atoms with van der Waals surface area (Å²) in [6.07, 6.45) is 4.27. The molecule has 0 aliphatic heterocycles. The summed E-state index contributed by atoms with van der Waals surface area (Å²) in [7, 11) is 0. The van der Waals surface area contributed by atoms with Crippen molar-refractivity contribution in [3.8, 4) is 34.1 Å². The number of carboxylic acid groups (broad SMARTS) is 2. The molecule has 10 N–H and O–H groups in total. The number of phenols is 4. The summed E-state index contributed by atoms with van der Waals surface area (Å²) in [6.45, 7) is 10.7. The number of para-hydroxylation sites is 2. The van der Waals surface area contributed by atoms with Crippen LogP contribution in [0.25, 0.3) is 49.3 Å². The zero-order valence-corrected chi connectivity index (χ0v) is 40.3. The van der Waals surface area contributed by atoms with E-state index in [9.17, 15) is 50.1 Å². The first kappa shape index (κ1) is 48.4. The van der Waals surface area contributed by atoms with E-state index in [0.29, 0.717) is 33.2 Å². The molecule has 5 aromatic carbocycles. The standard InChI is InChI=1S/C52H52N4O10.Na/c1-23(2)39-31-15-25(5)41(47(59)43(31)33(45(57)49(39)61)21-55-37(51(63)64)17-27-19-53-35-13-9-7-11-29(27)35)42-26(6)16-32-40(24(3)4)50(62)46(58)34(44(32)48(42)60)22-56-38(52(65)66)18-28-20-54-36-14-10-8-12-30(28)36;/h7-16,19-24,37-39,49,53-55,58-62H,17-18H2,1-6H3,(H,63,64)(H,65,66);/q;+1/b33-21-,56-22?;/t37-,38-,39+,49?;/m0./s1. The van der Waals surface area contributed by atoms with Crippen molar-refractivity contribution in [3.05, 3.63) is 124 Å². The quantitative estimate of drug-likeness (QED) is 0.0301. The van der Waals surface area contributed by atoms with Crippen molar-refractivity contribution in [1.82, 2.24) is 15.3 Å². The molecule has 1 aliphatic rings. The topological polar surface area (TPSA) is 249 Å². The van der Waals surface area contributed by atoms with E-state index < -0.39 is 64.8 Å². The number of carboxylic acids is 2. The van der Waals surface area contributed by atoms with Gasteiger partial charge in [-0.1, -0.05) is 76.2 Å². The van der Waals surface area contributed by atoms with E-state index in [-0.39, 0.29) is 87.4 Å². The third-order valence-electron chi connectivity index (χ3n) is 13.0. The van der Waals surface area contributed by atoms with Crippen LogP contribution in [0.15, 0.2) is 84.2 Å². The van der Waals surface area contributed by atoms with Crippen molar-refractivity contribution >= 4 is 62.1 Å². The van der Waals surface area contributed by atoms with Crippen LogP contribution in [0.1, 0.15) is 84.0 Å². The maximum atomic E-state index is 14.2. The average molecular weight is 916 g/mol. The molecule has 8 rings (SSSR count). The van der Waals surface area contributed by atoms with Gasteiger partial charge in [0.05, 0.1) is 0 Å². The number of Topliss-reactive ketones (excluding diaryl/α,β-unsaturated/α-hetero) is 1. The van der Waals surface area contributed by atoms with Crippen molar-refractivity contribution in [2.75, 3.05) is 0 Å². The van der Waals surface area contributed by atoms with Crippen molar-refractivity contribution in [2.45, 2.75) is 84.4 Å². The van der Waals surface area contributed by atoms with Gasteiger partial charge >= 0.3 is 41.5 Å². The fraction of sp³-hybridized carbons (Fsp3) is 0.269. The molecule has 0 fully saturated rings. The van der Waals surface area contributed by atoms with Crippen LogP contribution in [0.4, 0.5) is 0 Å². The number of aromatic nitrogens is 2. The molecule has 14 nitrogen and oxygen atoms in total. The van der Waals surface area contributed by atoms with Gasteiger partial charge in [0.15, 0.2) is 23.3 Å². The third kappa shape index (κ3) is 8.54. The summed E-state index contributed by atoms with van der Waals surface area (Å²) in [4.78, 5) is 50.3. The molecule has 2 heterocycles. The molecule has 15 heteroatoms. The number of aliphatic carboxylic acids is 2. The maximum absolute atomic E-state index is 14.2. The van der Waals surface area contributed by atoms with Gasteiger partial charge in [-0.3, -0.25) is 9.79 Å². The van der Waals surface area contributed by atoms with Gasteiger partial charge in [0.2, 0.25) is 0 Å². The molecule has 7 aromatic rings. The summed E-state index contributed by atoms with van der Waals surface area (Å²) in [5, 5.41) is 85.4. The molecule has 0 radical (unpaired) electrons. The summed E-state index contributed by atoms with van der Waals surface area (Å²) in [5.41, 5.74) is 4.65. The number of hydrogen-bond donors (Lipinski definition) is 10. The monoisotopic (exact) mass is 915 g/mol. The number of aliphatic hydroxyl groups is 1. The number of phenolic OH excluding ortho intramolecular Hbond substituents is 4. The first-order valence-corrected chi connectivity index (χ1v) is 21.8. The van der Waals surface area contributed by atoms with Gasteiger partial charge < -0.3 is 51.0 Å². The number of hydrogen-bond acceptors (Lipinski definition) is 10. The molecule has 0 spiro atoms. The van der Waals surface area contributed by atoms with E-state index in [1.165, 1.54) is 6.20 Å². The zero-order valence-electron chi connectivity index (χ0n) is 38.3. The molecule has 4 atom stereocenters. The molecule has 340 valence electrons. The number of rotatable bonds is 13. The summed E-state index contributed by atoms with van der Waals surface area (Å²) in [6, 6.07) is 15.7. The number of nitrogens with zero attached hydrogens (tertiary/aromatic N) is 1. The Balaban J connectivity index is 0.00000666. The first-order valence-electron chi connectivity index (χ1n) is 21.8. The Morgan fingerprint density at radius 1 is 0.746 bits per heavy atom. The second-order valence-corrected chi connectivity index (χ2v) is 17.9. The Kier molecular flexibility index (Phi) is 13.7. The van der Waals surface area contributed by atoms with Crippen LogP contribution in [0.3, 0.4) is 0 Å². The Morgan fingerprint density at radius 2 is 1.31 bits per heavy atom. The fourth-order valence-corrected chi connectivity index (χ4v) is 9.78. The number of aliphatic imine (C=N–C) groups is 1. The second kappa shape index (κ2) is 19.0. The molecular formula is C52H52N4NaO10+. The Morgan fingerprint density at radius 3 is 1.88 bits per heavy atom. The van der Waals surface area contributed by atoms with E-state index in [4.69, 9.17) is 0 Å². The predicted octanol–water partition coefficient (Wildman–Crippen LogP) is 5.46. The smallest absolute Gasteiger partial charge is 0.507 e. The van der Waals surface area contributed by atoms with Crippen LogP contribution in [0, 0.1) is 19.8 Å². The summed E-state index contributed by atoms with van der Waals surface area (Å²) in [5.74, 6) is -6.57. The van der Waals surface area contributed by atoms with Gasteiger partial charge in [0.1, 0.15) is 23.6 Å². The average Bonchev–Trinajstić information content (AvgIpc) is 3.87. The summed E-state index contributed by atoms with van der Waals surface area (Å²) < 4.78 is 0. The number of ketones is 1. The largest absolute Gasteiger partial charge is 1.00 e. The Bertz CT molecular complexity index is 3180. The van der Waals surface area contributed by atoms with Crippen LogP contribution in [0.5, 0.6) is 23.0 Å². The van der Waals surface area contributed by atoms with Crippen molar-refractivity contribution in [3.63, 3.8) is 0 Å². The number of nitrogens with one attached hydrogen (secondary N) is 3. The van der Waals surface area contributed by atoms with Crippen LogP contribution in [-0.2, 0) is 27.2 Å². The van der Waals surface area contributed by atoms with Crippen molar-refractivity contribution in [2.24, 2.45) is 10.9 Å². The molecule has 0 saturated heterocycles. The minimum absolute atomic E-state index is 0. The normalized spacial score (nSPS) is 16.6. The number of fused-ring (bicyclic) bond motifs is 4. The van der Waals surface area contributed by atoms with E-state index in [1.54, 1.807) is 52.2 Å². The number of aliphatic hydroxyl groups excluding tert-OH is 1. The van der Waals surface area contributed by atoms with Crippen LogP contribution in [0.2, 0.25) is 0 Å². The number of carbonyl (C=O) groups is 3. The van der Waals surface area contributed by atoms with Crippen molar-refractivity contribution < 1.29 is 79.7 Å². The third-order valence-corrected chi connectivity index (χ3v) is 13.0. The molecular weight excluding hydrogens is 864 g/mol. The number of aryl methyl sites for hydroxylation is 2. The van der Waals surface area contributed by atoms with Crippen LogP contribution >= 0.6 is 0 Å². The maximum Gasteiger partial charge on any atom is 1.00 e. The number of aromatic hydroxyl groups is 4. The predicted molar refractivity (Wildman–Crippen MR) is 254 cm³/mol. The molecule has 1 unspecified atom stereocenters. The van der Waals surface area contributed by atoms with Crippen LogP contribution < -0.4 is 34.9 Å². The van der Waals surface area contributed by atoms with Crippen molar-refractivity contribution in [1.29, 1.82) is 0 Å². The summed E-state index contributed by atoms with van der Waals surface area (Å²) >= 11 is 0. The van der Waals surface area contributed by atoms with E-state index in [1.807, 2.05) is 62.4 Å². The van der Waals surface area contributed by atoms with Gasteiger partial charge in [-0.25, -0.2) is 9.59 Å². The van der Waals surface area contributed by atoms with Gasteiger partial charge in [-0.05, 0) is 71.0 Å². The molecule has 0 amide bonds. The van der Waals surface area contributed by atoms with Gasteiger partial charge in [0, 0.05) is 104 Å². The number of H-pyrrole nitrogens is 2. The van der Waals surface area contributed by atoms with E-state index in [0.717, 1.165) is 33.6 Å². The van der Waals surface area contributed by atoms with Crippen LogP contribution in [-0.4, -0.2) is 87.8 Å². The fourth-order valence-electron chi connectivity index (χ4n) is 9.78. The molecule has 67 heavy (non-hydrogen) atoms. The Hall–Kier alpha value is -6.58. The molecule has 0 saturated carbocycles. The Labute approximate surface area is 408 Å². The minimum Gasteiger partial charge on any atom is -0.507 e. The zero-order chi connectivity index (χ0) is 47.5. The van der Waals surface area contributed by atoms with E-state index >= 15 is 0 Å². The number of benzene rings is 5.